The standard InChI is InChI=1S/C15H15NO2.C2H6/c1-11-6-8-14(9-7-11)18-15-5-3-4-13(10-15)16-12(2)17;1-2/h3-10H,1-2H3,(H,16,17);1-2H3. The highest BCUT2D eigenvalue weighted by Gasteiger charge is 2.00. The van der Waals surface area contributed by atoms with Crippen molar-refractivity contribution in [2.24, 2.45) is 0 Å². The molecule has 0 aliphatic carbocycles. The minimum atomic E-state index is -0.0949. The van der Waals surface area contributed by atoms with E-state index in [1.165, 1.54) is 12.5 Å². The first-order valence-electron chi connectivity index (χ1n) is 6.76. The van der Waals surface area contributed by atoms with Crippen molar-refractivity contribution < 1.29 is 9.53 Å². The molecule has 0 unspecified atom stereocenters. The molecule has 2 aromatic carbocycles. The maximum atomic E-state index is 11.0. The van der Waals surface area contributed by atoms with Crippen molar-refractivity contribution in [1.82, 2.24) is 0 Å². The highest BCUT2D eigenvalue weighted by molar-refractivity contribution is 5.88. The lowest BCUT2D eigenvalue weighted by molar-refractivity contribution is -0.114. The van der Waals surface area contributed by atoms with Gasteiger partial charge >= 0.3 is 0 Å². The van der Waals surface area contributed by atoms with Gasteiger partial charge in [-0.1, -0.05) is 37.6 Å². The molecule has 0 bridgehead atoms. The van der Waals surface area contributed by atoms with Crippen LogP contribution in [0.4, 0.5) is 5.69 Å². The smallest absolute Gasteiger partial charge is 0.221 e. The van der Waals surface area contributed by atoms with Crippen LogP contribution in [0.15, 0.2) is 48.5 Å². The van der Waals surface area contributed by atoms with Crippen molar-refractivity contribution in [3.63, 3.8) is 0 Å². The first-order chi connectivity index (χ1) is 9.63. The van der Waals surface area contributed by atoms with Gasteiger partial charge in [-0.3, -0.25) is 4.79 Å². The van der Waals surface area contributed by atoms with Crippen LogP contribution >= 0.6 is 0 Å². The Kier molecular flexibility index (Phi) is 6.30. The average Bonchev–Trinajstić information content (AvgIpc) is 2.43. The highest BCUT2D eigenvalue weighted by Crippen LogP contribution is 2.24. The first kappa shape index (κ1) is 15.8. The van der Waals surface area contributed by atoms with Gasteiger partial charge in [0.25, 0.3) is 0 Å². The summed E-state index contributed by atoms with van der Waals surface area (Å²) in [6.45, 7) is 7.51. The van der Waals surface area contributed by atoms with Crippen LogP contribution in [0, 0.1) is 6.92 Å². The summed E-state index contributed by atoms with van der Waals surface area (Å²) in [6, 6.07) is 15.1. The Morgan fingerprint density at radius 2 is 1.65 bits per heavy atom. The number of rotatable bonds is 3. The van der Waals surface area contributed by atoms with E-state index in [-0.39, 0.29) is 5.91 Å². The zero-order chi connectivity index (χ0) is 15.0. The van der Waals surface area contributed by atoms with Crippen LogP contribution in [0.3, 0.4) is 0 Å². The summed E-state index contributed by atoms with van der Waals surface area (Å²) in [7, 11) is 0. The summed E-state index contributed by atoms with van der Waals surface area (Å²) < 4.78 is 5.70. The van der Waals surface area contributed by atoms with Gasteiger partial charge in [-0.25, -0.2) is 0 Å². The van der Waals surface area contributed by atoms with E-state index >= 15 is 0 Å². The third-order valence-electron chi connectivity index (χ3n) is 2.41. The van der Waals surface area contributed by atoms with E-state index in [0.29, 0.717) is 5.75 Å². The molecule has 0 spiro atoms. The van der Waals surface area contributed by atoms with Crippen molar-refractivity contribution in [1.29, 1.82) is 0 Å². The maximum absolute atomic E-state index is 11.0. The lowest BCUT2D eigenvalue weighted by atomic mass is 10.2. The maximum Gasteiger partial charge on any atom is 0.221 e. The summed E-state index contributed by atoms with van der Waals surface area (Å²) in [5.41, 5.74) is 1.92. The van der Waals surface area contributed by atoms with Crippen molar-refractivity contribution in [2.75, 3.05) is 5.32 Å². The molecule has 0 radical (unpaired) electrons. The largest absolute Gasteiger partial charge is 0.457 e. The van der Waals surface area contributed by atoms with E-state index in [4.69, 9.17) is 4.74 Å². The summed E-state index contributed by atoms with van der Waals surface area (Å²) in [6.07, 6.45) is 0. The molecule has 0 atom stereocenters. The van der Waals surface area contributed by atoms with E-state index in [0.717, 1.165) is 11.4 Å². The predicted molar refractivity (Wildman–Crippen MR) is 83.3 cm³/mol. The Hall–Kier alpha value is -2.29. The zero-order valence-corrected chi connectivity index (χ0v) is 12.4. The fourth-order valence-electron chi connectivity index (χ4n) is 1.58. The molecule has 3 heteroatoms. The summed E-state index contributed by atoms with van der Waals surface area (Å²) in [4.78, 5) is 11.0. The zero-order valence-electron chi connectivity index (χ0n) is 12.4. The molecule has 0 heterocycles. The lowest BCUT2D eigenvalue weighted by Crippen LogP contribution is -2.05. The molecule has 0 fully saturated rings. The van der Waals surface area contributed by atoms with Gasteiger partial charge in [0.1, 0.15) is 11.5 Å². The number of ether oxygens (including phenoxy) is 1. The third-order valence-corrected chi connectivity index (χ3v) is 2.41. The van der Waals surface area contributed by atoms with E-state index < -0.39 is 0 Å². The number of carbonyl (C=O) groups is 1. The minimum Gasteiger partial charge on any atom is -0.457 e. The quantitative estimate of drug-likeness (QED) is 0.873. The third kappa shape index (κ3) is 5.14. The second-order valence-electron chi connectivity index (χ2n) is 4.12. The molecular weight excluding hydrogens is 250 g/mol. The van der Waals surface area contributed by atoms with Gasteiger partial charge in [0.05, 0.1) is 0 Å². The average molecular weight is 271 g/mol. The molecule has 1 N–H and O–H groups in total. The fraction of sp³-hybridized carbons (Fsp3) is 0.235. The number of aryl methyl sites for hydroxylation is 1. The van der Waals surface area contributed by atoms with E-state index in [2.05, 4.69) is 5.32 Å². The van der Waals surface area contributed by atoms with E-state index in [1.54, 1.807) is 6.07 Å². The number of hydrogen-bond acceptors (Lipinski definition) is 2. The van der Waals surface area contributed by atoms with Crippen LogP contribution in [-0.2, 0) is 4.79 Å². The normalized spacial score (nSPS) is 9.20. The number of benzene rings is 2. The first-order valence-corrected chi connectivity index (χ1v) is 6.76. The van der Waals surface area contributed by atoms with Crippen molar-refractivity contribution in [2.45, 2.75) is 27.7 Å². The molecule has 1 amide bonds. The van der Waals surface area contributed by atoms with Gasteiger partial charge in [-0.15, -0.1) is 0 Å². The molecule has 3 nitrogen and oxygen atoms in total. The number of amides is 1. The van der Waals surface area contributed by atoms with Gasteiger partial charge in [0, 0.05) is 18.7 Å². The predicted octanol–water partition coefficient (Wildman–Crippen LogP) is 4.77. The van der Waals surface area contributed by atoms with Crippen LogP contribution < -0.4 is 10.1 Å². The fourth-order valence-corrected chi connectivity index (χ4v) is 1.58. The van der Waals surface area contributed by atoms with Gasteiger partial charge in [-0.2, -0.15) is 0 Å². The van der Waals surface area contributed by atoms with Gasteiger partial charge in [0.15, 0.2) is 0 Å². The molecule has 106 valence electrons. The molecule has 2 rings (SSSR count). The minimum absolute atomic E-state index is 0.0949. The Morgan fingerprint density at radius 3 is 2.25 bits per heavy atom. The van der Waals surface area contributed by atoms with Crippen molar-refractivity contribution in [3.8, 4) is 11.5 Å². The van der Waals surface area contributed by atoms with Crippen LogP contribution in [0.25, 0.3) is 0 Å². The van der Waals surface area contributed by atoms with Crippen molar-refractivity contribution >= 4 is 11.6 Å². The van der Waals surface area contributed by atoms with Crippen molar-refractivity contribution in [3.05, 3.63) is 54.1 Å². The molecule has 0 saturated carbocycles. The summed E-state index contributed by atoms with van der Waals surface area (Å²) >= 11 is 0. The Bertz CT molecular complexity index is 547. The number of carbonyl (C=O) groups excluding carboxylic acids is 1. The van der Waals surface area contributed by atoms with Crippen LogP contribution in [0.2, 0.25) is 0 Å². The van der Waals surface area contributed by atoms with E-state index in [9.17, 15) is 4.79 Å². The Morgan fingerprint density at radius 1 is 1.00 bits per heavy atom. The molecule has 2 aromatic rings. The Labute approximate surface area is 120 Å². The van der Waals surface area contributed by atoms with Gasteiger partial charge < -0.3 is 10.1 Å². The second-order valence-corrected chi connectivity index (χ2v) is 4.12. The second kappa shape index (κ2) is 8.00. The highest BCUT2D eigenvalue weighted by atomic mass is 16.5. The molecule has 20 heavy (non-hydrogen) atoms. The van der Waals surface area contributed by atoms with Crippen LogP contribution in [-0.4, -0.2) is 5.91 Å². The monoisotopic (exact) mass is 271 g/mol. The lowest BCUT2D eigenvalue weighted by Gasteiger charge is -2.08. The molecule has 0 saturated heterocycles. The molecular formula is C17H21NO2. The molecule has 0 aliphatic rings. The molecule has 0 aromatic heterocycles. The van der Waals surface area contributed by atoms with Gasteiger partial charge in [-0.05, 0) is 31.2 Å². The Balaban J connectivity index is 0.000000956. The van der Waals surface area contributed by atoms with Crippen LogP contribution in [0.5, 0.6) is 11.5 Å². The SMILES string of the molecule is CC.CC(=O)Nc1cccc(Oc2ccc(C)cc2)c1. The topological polar surface area (TPSA) is 38.3 Å². The van der Waals surface area contributed by atoms with E-state index in [1.807, 2.05) is 63.2 Å². The summed E-state index contributed by atoms with van der Waals surface area (Å²) in [5, 5.41) is 2.72. The number of nitrogens with one attached hydrogen (secondary N) is 1. The van der Waals surface area contributed by atoms with Crippen LogP contribution in [0.1, 0.15) is 26.3 Å². The summed E-state index contributed by atoms with van der Waals surface area (Å²) in [5.74, 6) is 1.38. The number of hydrogen-bond donors (Lipinski definition) is 1. The number of anilines is 1. The van der Waals surface area contributed by atoms with Gasteiger partial charge in [0.2, 0.25) is 5.91 Å². The molecule has 0 aliphatic heterocycles.